The van der Waals surface area contributed by atoms with Crippen molar-refractivity contribution in [3.63, 3.8) is 0 Å². The lowest BCUT2D eigenvalue weighted by Gasteiger charge is -2.20. The van der Waals surface area contributed by atoms with Gasteiger partial charge in [0.25, 0.3) is 0 Å². The molecule has 2 aliphatic rings. The van der Waals surface area contributed by atoms with E-state index in [-0.39, 0.29) is 0 Å². The Morgan fingerprint density at radius 3 is 3.00 bits per heavy atom. The van der Waals surface area contributed by atoms with Gasteiger partial charge >= 0.3 is 0 Å². The highest BCUT2D eigenvalue weighted by Gasteiger charge is 2.17. The van der Waals surface area contributed by atoms with Gasteiger partial charge in [0.05, 0.1) is 11.6 Å². The number of hydrogen-bond acceptors (Lipinski definition) is 5. The molecule has 1 aromatic rings. The van der Waals surface area contributed by atoms with Gasteiger partial charge in [0.15, 0.2) is 17.5 Å². The quantitative estimate of drug-likeness (QED) is 0.919. The summed E-state index contributed by atoms with van der Waals surface area (Å²) in [6.45, 7) is 3.80. The predicted octanol–water partition coefficient (Wildman–Crippen LogP) is 1.54. The summed E-state index contributed by atoms with van der Waals surface area (Å²) in [6.07, 6.45) is 0.864. The van der Waals surface area contributed by atoms with Gasteiger partial charge in [-0.15, -0.1) is 0 Å². The lowest BCUT2D eigenvalue weighted by Crippen LogP contribution is -2.36. The highest BCUT2D eigenvalue weighted by Crippen LogP contribution is 2.38. The van der Waals surface area contributed by atoms with Crippen molar-refractivity contribution in [3.8, 4) is 11.5 Å². The molecule has 0 atom stereocenters. The maximum atomic E-state index is 6.22. The molecule has 1 N–H and O–H groups in total. The van der Waals surface area contributed by atoms with Crippen LogP contribution >= 0.6 is 11.6 Å². The Balaban J connectivity index is 1.62. The number of hydrogen-bond donors (Lipinski definition) is 1. The van der Waals surface area contributed by atoms with E-state index in [0.717, 1.165) is 43.3 Å². The summed E-state index contributed by atoms with van der Waals surface area (Å²) in [7, 11) is 2.04. The molecule has 0 bridgehead atoms. The van der Waals surface area contributed by atoms with Crippen LogP contribution in [0.25, 0.3) is 0 Å². The summed E-state index contributed by atoms with van der Waals surface area (Å²) in [5, 5.41) is 3.96. The number of aliphatic imine (C=N–C) groups is 1. The van der Waals surface area contributed by atoms with E-state index in [0.29, 0.717) is 24.0 Å². The highest BCUT2D eigenvalue weighted by molar-refractivity contribution is 6.32. The van der Waals surface area contributed by atoms with E-state index in [4.69, 9.17) is 21.1 Å². The molecule has 0 aliphatic carbocycles. The molecule has 3 rings (SSSR count). The molecule has 0 spiro atoms. The van der Waals surface area contributed by atoms with Crippen LogP contribution in [-0.4, -0.2) is 50.8 Å². The van der Waals surface area contributed by atoms with Gasteiger partial charge in [-0.25, -0.2) is 0 Å². The second-order valence-corrected chi connectivity index (χ2v) is 5.31. The summed E-state index contributed by atoms with van der Waals surface area (Å²) in [4.78, 5) is 6.52. The Morgan fingerprint density at radius 2 is 2.20 bits per heavy atom. The third kappa shape index (κ3) is 2.77. The fraction of sp³-hybridized carbons (Fsp3) is 0.500. The topological polar surface area (TPSA) is 46.1 Å². The number of nitrogens with one attached hydrogen (secondary N) is 1. The van der Waals surface area contributed by atoms with Gasteiger partial charge in [0, 0.05) is 20.1 Å². The molecule has 5 nitrogen and oxygen atoms in total. The molecule has 108 valence electrons. The van der Waals surface area contributed by atoms with Crippen LogP contribution in [0.5, 0.6) is 11.5 Å². The average Bonchev–Trinajstić information content (AvgIpc) is 2.85. The lowest BCUT2D eigenvalue weighted by atomic mass is 10.1. The average molecular weight is 296 g/mol. The first-order valence-electron chi connectivity index (χ1n) is 6.81. The van der Waals surface area contributed by atoms with E-state index >= 15 is 0 Å². The SMILES string of the molecule is CN1CCN=C1NCCc1cc(Cl)c2c(c1)OCCO2. The van der Waals surface area contributed by atoms with Gasteiger partial charge in [0.2, 0.25) is 0 Å². The van der Waals surface area contributed by atoms with Crippen LogP contribution in [0.1, 0.15) is 5.56 Å². The van der Waals surface area contributed by atoms with Crippen molar-refractivity contribution in [2.45, 2.75) is 6.42 Å². The monoisotopic (exact) mass is 295 g/mol. The minimum Gasteiger partial charge on any atom is -0.486 e. The zero-order valence-electron chi connectivity index (χ0n) is 11.5. The smallest absolute Gasteiger partial charge is 0.193 e. The molecule has 2 aliphatic heterocycles. The summed E-state index contributed by atoms with van der Waals surface area (Å²) < 4.78 is 11.1. The van der Waals surface area contributed by atoms with Crippen molar-refractivity contribution >= 4 is 17.6 Å². The Hall–Kier alpha value is -1.62. The second kappa shape index (κ2) is 5.79. The summed E-state index contributed by atoms with van der Waals surface area (Å²) >= 11 is 6.22. The van der Waals surface area contributed by atoms with Gasteiger partial charge in [-0.05, 0) is 24.1 Å². The fourth-order valence-electron chi connectivity index (χ4n) is 2.35. The first-order valence-corrected chi connectivity index (χ1v) is 7.19. The Labute approximate surface area is 123 Å². The van der Waals surface area contributed by atoms with E-state index in [2.05, 4.69) is 15.2 Å². The number of nitrogens with zero attached hydrogens (tertiary/aromatic N) is 2. The van der Waals surface area contributed by atoms with Crippen LogP contribution in [0.15, 0.2) is 17.1 Å². The largest absolute Gasteiger partial charge is 0.486 e. The number of ether oxygens (including phenoxy) is 2. The standard InChI is InChI=1S/C14H18ClN3O2/c1-18-5-4-17-14(18)16-3-2-10-8-11(15)13-12(9-10)19-6-7-20-13/h8-9H,2-7H2,1H3,(H,16,17). The van der Waals surface area contributed by atoms with Crippen molar-refractivity contribution in [1.82, 2.24) is 10.2 Å². The molecular formula is C14H18ClN3O2. The van der Waals surface area contributed by atoms with E-state index in [9.17, 15) is 0 Å². The molecule has 0 saturated heterocycles. The van der Waals surface area contributed by atoms with Gasteiger partial charge in [-0.1, -0.05) is 11.6 Å². The van der Waals surface area contributed by atoms with Crippen molar-refractivity contribution in [2.75, 3.05) is 39.9 Å². The molecule has 0 amide bonds. The number of benzene rings is 1. The van der Waals surface area contributed by atoms with Crippen LogP contribution in [0.2, 0.25) is 5.02 Å². The molecule has 0 saturated carbocycles. The molecule has 0 unspecified atom stereocenters. The first kappa shape index (κ1) is 13.4. The van der Waals surface area contributed by atoms with Gasteiger partial charge in [0.1, 0.15) is 13.2 Å². The predicted molar refractivity (Wildman–Crippen MR) is 79.1 cm³/mol. The van der Waals surface area contributed by atoms with E-state index in [1.54, 1.807) is 0 Å². The molecule has 6 heteroatoms. The minimum atomic E-state index is 0.555. The van der Waals surface area contributed by atoms with E-state index in [1.807, 2.05) is 19.2 Å². The number of guanidine groups is 1. The van der Waals surface area contributed by atoms with Gasteiger partial charge < -0.3 is 19.7 Å². The zero-order valence-corrected chi connectivity index (χ0v) is 12.2. The Kier molecular flexibility index (Phi) is 3.87. The summed E-state index contributed by atoms with van der Waals surface area (Å²) in [5.74, 6) is 2.37. The normalized spacial score (nSPS) is 17.1. The maximum Gasteiger partial charge on any atom is 0.193 e. The van der Waals surface area contributed by atoms with Crippen molar-refractivity contribution < 1.29 is 9.47 Å². The molecule has 0 radical (unpaired) electrons. The lowest BCUT2D eigenvalue weighted by molar-refractivity contribution is 0.171. The number of rotatable bonds is 3. The third-order valence-electron chi connectivity index (χ3n) is 3.41. The second-order valence-electron chi connectivity index (χ2n) is 4.91. The van der Waals surface area contributed by atoms with E-state index in [1.165, 1.54) is 0 Å². The third-order valence-corrected chi connectivity index (χ3v) is 3.69. The Morgan fingerprint density at radius 1 is 1.35 bits per heavy atom. The number of halogens is 1. The molecule has 1 aromatic carbocycles. The molecule has 0 fully saturated rings. The molecule has 20 heavy (non-hydrogen) atoms. The Bertz CT molecular complexity index is 533. The number of likely N-dealkylation sites (N-methyl/N-ethyl adjacent to an activating group) is 1. The first-order chi connectivity index (χ1) is 9.74. The highest BCUT2D eigenvalue weighted by atomic mass is 35.5. The van der Waals surface area contributed by atoms with Crippen LogP contribution < -0.4 is 14.8 Å². The summed E-state index contributed by atoms with van der Waals surface area (Å²) in [5.41, 5.74) is 1.13. The van der Waals surface area contributed by atoms with Crippen LogP contribution in [-0.2, 0) is 6.42 Å². The molecular weight excluding hydrogens is 278 g/mol. The van der Waals surface area contributed by atoms with Crippen molar-refractivity contribution in [2.24, 2.45) is 4.99 Å². The zero-order chi connectivity index (χ0) is 13.9. The minimum absolute atomic E-state index is 0.555. The van der Waals surface area contributed by atoms with Crippen LogP contribution in [0, 0.1) is 0 Å². The van der Waals surface area contributed by atoms with E-state index < -0.39 is 0 Å². The molecule has 2 heterocycles. The molecule has 0 aromatic heterocycles. The van der Waals surface area contributed by atoms with Crippen molar-refractivity contribution in [3.05, 3.63) is 22.7 Å². The van der Waals surface area contributed by atoms with Crippen molar-refractivity contribution in [1.29, 1.82) is 0 Å². The van der Waals surface area contributed by atoms with Crippen LogP contribution in [0.3, 0.4) is 0 Å². The van der Waals surface area contributed by atoms with Gasteiger partial charge in [-0.2, -0.15) is 0 Å². The fourth-order valence-corrected chi connectivity index (χ4v) is 2.64. The maximum absolute atomic E-state index is 6.22. The number of fused-ring (bicyclic) bond motifs is 1. The van der Waals surface area contributed by atoms with Gasteiger partial charge in [-0.3, -0.25) is 4.99 Å². The van der Waals surface area contributed by atoms with Crippen LogP contribution in [0.4, 0.5) is 0 Å². The summed E-state index contributed by atoms with van der Waals surface area (Å²) in [6, 6.07) is 3.94.